The van der Waals surface area contributed by atoms with Gasteiger partial charge in [-0.1, -0.05) is 32.0 Å². The monoisotopic (exact) mass is 452 g/mol. The zero-order valence-corrected chi connectivity index (χ0v) is 19.5. The summed E-state index contributed by atoms with van der Waals surface area (Å²) in [5.41, 5.74) is 4.35. The lowest BCUT2D eigenvalue weighted by Crippen LogP contribution is -2.20. The molecule has 0 aromatic heterocycles. The number of amides is 1. The van der Waals surface area contributed by atoms with Crippen molar-refractivity contribution in [2.24, 2.45) is 0 Å². The first kappa shape index (κ1) is 23.3. The lowest BCUT2D eigenvalue weighted by molar-refractivity contribution is -0.118. The Labute approximate surface area is 189 Å². The molecule has 0 radical (unpaired) electrons. The Morgan fingerprint density at radius 1 is 0.875 bits per heavy atom. The van der Waals surface area contributed by atoms with Gasteiger partial charge in [0.05, 0.1) is 4.90 Å². The highest BCUT2D eigenvalue weighted by molar-refractivity contribution is 7.92. The Hall–Kier alpha value is -3.32. The molecule has 0 saturated carbocycles. The van der Waals surface area contributed by atoms with E-state index in [4.69, 9.17) is 4.74 Å². The summed E-state index contributed by atoms with van der Waals surface area (Å²) in [5.74, 6) is 0.530. The van der Waals surface area contributed by atoms with Crippen molar-refractivity contribution in [3.8, 4) is 5.75 Å². The summed E-state index contributed by atoms with van der Waals surface area (Å²) in [7, 11) is -3.73. The molecular formula is C25H28N2O4S. The molecule has 0 aliphatic carbocycles. The second kappa shape index (κ2) is 9.87. The summed E-state index contributed by atoms with van der Waals surface area (Å²) in [6.07, 6.45) is 0. The molecular weight excluding hydrogens is 424 g/mol. The zero-order valence-electron chi connectivity index (χ0n) is 18.7. The summed E-state index contributed by atoms with van der Waals surface area (Å²) in [5, 5.41) is 2.78. The van der Waals surface area contributed by atoms with E-state index < -0.39 is 10.0 Å². The van der Waals surface area contributed by atoms with Gasteiger partial charge in [-0.2, -0.15) is 0 Å². The molecule has 32 heavy (non-hydrogen) atoms. The number of anilines is 2. The van der Waals surface area contributed by atoms with Gasteiger partial charge in [0, 0.05) is 11.4 Å². The number of nitrogens with one attached hydrogen (secondary N) is 2. The minimum atomic E-state index is -3.73. The molecule has 3 aromatic rings. The number of hydrogen-bond donors (Lipinski definition) is 2. The minimum absolute atomic E-state index is 0.110. The van der Waals surface area contributed by atoms with Gasteiger partial charge in [0.15, 0.2) is 6.61 Å². The molecule has 7 heteroatoms. The molecule has 0 unspecified atom stereocenters. The van der Waals surface area contributed by atoms with Crippen molar-refractivity contribution in [1.82, 2.24) is 0 Å². The minimum Gasteiger partial charge on any atom is -0.484 e. The molecule has 0 aliphatic heterocycles. The van der Waals surface area contributed by atoms with E-state index in [1.54, 1.807) is 12.1 Å². The van der Waals surface area contributed by atoms with E-state index in [9.17, 15) is 13.2 Å². The zero-order chi connectivity index (χ0) is 23.3. The third-order valence-corrected chi connectivity index (χ3v) is 6.24. The maximum atomic E-state index is 12.7. The summed E-state index contributed by atoms with van der Waals surface area (Å²) < 4.78 is 33.4. The van der Waals surface area contributed by atoms with Crippen molar-refractivity contribution in [1.29, 1.82) is 0 Å². The van der Waals surface area contributed by atoms with E-state index in [0.29, 0.717) is 23.0 Å². The summed E-state index contributed by atoms with van der Waals surface area (Å²) >= 11 is 0. The molecule has 6 nitrogen and oxygen atoms in total. The quantitative estimate of drug-likeness (QED) is 0.489. The predicted molar refractivity (Wildman–Crippen MR) is 128 cm³/mol. The maximum absolute atomic E-state index is 12.7. The normalized spacial score (nSPS) is 11.3. The van der Waals surface area contributed by atoms with Crippen LogP contribution in [-0.4, -0.2) is 20.9 Å². The SMILES string of the molecule is Cc1cc(C)cc(NS(=O)(=O)c2ccc(OCC(=O)Nc3ccc(C(C)C)cc3)cc2)c1. The van der Waals surface area contributed by atoms with Crippen molar-refractivity contribution >= 4 is 27.3 Å². The van der Waals surface area contributed by atoms with Crippen LogP contribution in [0.1, 0.15) is 36.5 Å². The third kappa shape index (κ3) is 6.34. The number of sulfonamides is 1. The Balaban J connectivity index is 1.57. The maximum Gasteiger partial charge on any atom is 0.262 e. The van der Waals surface area contributed by atoms with Crippen LogP contribution < -0.4 is 14.8 Å². The Bertz CT molecular complexity index is 1170. The molecule has 0 aliphatic rings. The van der Waals surface area contributed by atoms with Gasteiger partial charge in [0.25, 0.3) is 15.9 Å². The van der Waals surface area contributed by atoms with Gasteiger partial charge in [-0.15, -0.1) is 0 Å². The lowest BCUT2D eigenvalue weighted by atomic mass is 10.0. The van der Waals surface area contributed by atoms with Crippen LogP contribution in [0.5, 0.6) is 5.75 Å². The highest BCUT2D eigenvalue weighted by atomic mass is 32.2. The van der Waals surface area contributed by atoms with E-state index >= 15 is 0 Å². The topological polar surface area (TPSA) is 84.5 Å². The number of aryl methyl sites for hydroxylation is 2. The number of carbonyl (C=O) groups excluding carboxylic acids is 1. The first-order chi connectivity index (χ1) is 15.1. The van der Waals surface area contributed by atoms with E-state index in [0.717, 1.165) is 11.1 Å². The van der Waals surface area contributed by atoms with Crippen molar-refractivity contribution in [3.05, 3.63) is 83.4 Å². The van der Waals surface area contributed by atoms with Crippen LogP contribution in [-0.2, 0) is 14.8 Å². The predicted octanol–water partition coefficient (Wildman–Crippen LogP) is 5.25. The van der Waals surface area contributed by atoms with Gasteiger partial charge in [-0.25, -0.2) is 8.42 Å². The molecule has 1 amide bonds. The Morgan fingerprint density at radius 3 is 2.03 bits per heavy atom. The Kier molecular flexibility index (Phi) is 7.20. The van der Waals surface area contributed by atoms with Gasteiger partial charge >= 0.3 is 0 Å². The van der Waals surface area contributed by atoms with Crippen molar-refractivity contribution in [2.75, 3.05) is 16.6 Å². The standard InChI is InChI=1S/C25H28N2O4S/c1-17(2)20-5-7-21(8-6-20)26-25(28)16-31-23-9-11-24(12-10-23)32(29,30)27-22-14-18(3)13-19(4)15-22/h5-15,17,27H,16H2,1-4H3,(H,26,28). The molecule has 0 bridgehead atoms. The molecule has 0 heterocycles. The highest BCUT2D eigenvalue weighted by Gasteiger charge is 2.15. The summed E-state index contributed by atoms with van der Waals surface area (Å²) in [4.78, 5) is 12.3. The number of benzene rings is 3. The average Bonchev–Trinajstić information content (AvgIpc) is 2.72. The second-order valence-corrected chi connectivity index (χ2v) is 9.75. The second-order valence-electron chi connectivity index (χ2n) is 8.07. The number of rotatable bonds is 8. The number of hydrogen-bond acceptors (Lipinski definition) is 4. The van der Waals surface area contributed by atoms with Gasteiger partial charge in [-0.3, -0.25) is 9.52 Å². The van der Waals surface area contributed by atoms with E-state index in [1.807, 2.05) is 44.2 Å². The first-order valence-electron chi connectivity index (χ1n) is 10.4. The summed E-state index contributed by atoms with van der Waals surface area (Å²) in [6, 6.07) is 19.1. The number of carbonyl (C=O) groups is 1. The van der Waals surface area contributed by atoms with E-state index in [1.165, 1.54) is 29.8 Å². The Morgan fingerprint density at radius 2 is 1.47 bits per heavy atom. The third-order valence-electron chi connectivity index (χ3n) is 4.84. The van der Waals surface area contributed by atoms with E-state index in [2.05, 4.69) is 23.9 Å². The van der Waals surface area contributed by atoms with Crippen LogP contribution >= 0.6 is 0 Å². The molecule has 2 N–H and O–H groups in total. The van der Waals surface area contributed by atoms with Gasteiger partial charge in [0.2, 0.25) is 0 Å². The lowest BCUT2D eigenvalue weighted by Gasteiger charge is -2.11. The van der Waals surface area contributed by atoms with Crippen molar-refractivity contribution in [2.45, 2.75) is 38.5 Å². The first-order valence-corrected chi connectivity index (χ1v) is 11.8. The van der Waals surface area contributed by atoms with Crippen molar-refractivity contribution < 1.29 is 17.9 Å². The molecule has 3 rings (SSSR count). The fourth-order valence-corrected chi connectivity index (χ4v) is 4.30. The summed E-state index contributed by atoms with van der Waals surface area (Å²) in [6.45, 7) is 7.86. The van der Waals surface area contributed by atoms with Crippen LogP contribution in [0.2, 0.25) is 0 Å². The molecule has 3 aromatic carbocycles. The van der Waals surface area contributed by atoms with Gasteiger partial charge in [0.1, 0.15) is 5.75 Å². The average molecular weight is 453 g/mol. The fraction of sp³-hybridized carbons (Fsp3) is 0.240. The van der Waals surface area contributed by atoms with E-state index in [-0.39, 0.29) is 17.4 Å². The molecule has 168 valence electrons. The van der Waals surface area contributed by atoms with Crippen molar-refractivity contribution in [3.63, 3.8) is 0 Å². The number of ether oxygens (including phenoxy) is 1. The van der Waals surface area contributed by atoms with Crippen LogP contribution in [0.25, 0.3) is 0 Å². The van der Waals surface area contributed by atoms with Crippen LogP contribution in [0.4, 0.5) is 11.4 Å². The smallest absolute Gasteiger partial charge is 0.262 e. The van der Waals surface area contributed by atoms with Crippen LogP contribution in [0, 0.1) is 13.8 Å². The van der Waals surface area contributed by atoms with Gasteiger partial charge < -0.3 is 10.1 Å². The molecule has 0 fully saturated rings. The molecule has 0 spiro atoms. The fourth-order valence-electron chi connectivity index (χ4n) is 3.26. The largest absolute Gasteiger partial charge is 0.484 e. The van der Waals surface area contributed by atoms with Gasteiger partial charge in [-0.05, 0) is 85.0 Å². The van der Waals surface area contributed by atoms with Crippen LogP contribution in [0.3, 0.4) is 0 Å². The molecule has 0 atom stereocenters. The molecule has 0 saturated heterocycles. The van der Waals surface area contributed by atoms with Crippen LogP contribution in [0.15, 0.2) is 71.6 Å². The highest BCUT2D eigenvalue weighted by Crippen LogP contribution is 2.21.